The van der Waals surface area contributed by atoms with Crippen LogP contribution in [0, 0.1) is 0 Å². The van der Waals surface area contributed by atoms with Crippen molar-refractivity contribution in [2.75, 3.05) is 5.32 Å². The molecule has 1 N–H and O–H groups in total. The maximum Gasteiger partial charge on any atom is 0.266 e. The van der Waals surface area contributed by atoms with Gasteiger partial charge in [0.05, 0.1) is 10.7 Å². The molecular weight excluding hydrogens is 344 g/mol. The van der Waals surface area contributed by atoms with Gasteiger partial charge in [0.15, 0.2) is 11.2 Å². The van der Waals surface area contributed by atoms with E-state index in [2.05, 4.69) is 10.3 Å². The number of carbonyl (C=O) groups is 1. The Kier molecular flexibility index (Phi) is 5.13. The van der Waals surface area contributed by atoms with Crippen molar-refractivity contribution in [1.82, 2.24) is 4.98 Å². The zero-order valence-electron chi connectivity index (χ0n) is 12.9. The van der Waals surface area contributed by atoms with Crippen molar-refractivity contribution in [3.8, 4) is 17.0 Å². The van der Waals surface area contributed by atoms with Crippen LogP contribution in [-0.2, 0) is 4.79 Å². The van der Waals surface area contributed by atoms with Crippen LogP contribution in [-0.4, -0.2) is 17.0 Å². The number of amides is 1. The number of thiazole rings is 1. The first-order chi connectivity index (χ1) is 11.6. The van der Waals surface area contributed by atoms with Crippen molar-refractivity contribution in [3.63, 3.8) is 0 Å². The van der Waals surface area contributed by atoms with E-state index in [-0.39, 0.29) is 5.91 Å². The van der Waals surface area contributed by atoms with E-state index in [1.165, 1.54) is 11.3 Å². The van der Waals surface area contributed by atoms with Crippen LogP contribution in [0.25, 0.3) is 11.3 Å². The topological polar surface area (TPSA) is 51.2 Å². The quantitative estimate of drug-likeness (QED) is 0.707. The molecule has 6 heteroatoms. The highest BCUT2D eigenvalue weighted by Crippen LogP contribution is 2.26. The van der Waals surface area contributed by atoms with Crippen LogP contribution in [0.4, 0.5) is 5.13 Å². The van der Waals surface area contributed by atoms with Gasteiger partial charge in [-0.2, -0.15) is 0 Å². The third kappa shape index (κ3) is 3.93. The average Bonchev–Trinajstić information content (AvgIpc) is 3.06. The standard InChI is InChI=1S/C18H15ClN2O2S/c1-12(23-16-10-6-5-9-14(16)19)17(22)21-18-20-15(11-24-18)13-7-3-2-4-8-13/h2-12H,1H3,(H,20,21,22)/t12-/m0/s1. The summed E-state index contributed by atoms with van der Waals surface area (Å²) >= 11 is 7.41. The number of hydrogen-bond donors (Lipinski definition) is 1. The molecule has 3 rings (SSSR count). The monoisotopic (exact) mass is 358 g/mol. The van der Waals surface area contributed by atoms with Crippen LogP contribution in [0.5, 0.6) is 5.75 Å². The van der Waals surface area contributed by atoms with E-state index in [4.69, 9.17) is 16.3 Å². The number of nitrogens with one attached hydrogen (secondary N) is 1. The molecule has 0 unspecified atom stereocenters. The molecule has 0 aliphatic heterocycles. The van der Waals surface area contributed by atoms with Gasteiger partial charge in [-0.05, 0) is 19.1 Å². The summed E-state index contributed by atoms with van der Waals surface area (Å²) in [5, 5.41) is 5.68. The second-order valence-corrected chi connectivity index (χ2v) is 6.35. The number of anilines is 1. The van der Waals surface area contributed by atoms with Gasteiger partial charge in [0.25, 0.3) is 5.91 Å². The van der Waals surface area contributed by atoms with E-state index < -0.39 is 6.10 Å². The predicted molar refractivity (Wildman–Crippen MR) is 97.7 cm³/mol. The van der Waals surface area contributed by atoms with Crippen molar-refractivity contribution in [1.29, 1.82) is 0 Å². The van der Waals surface area contributed by atoms with Crippen LogP contribution >= 0.6 is 22.9 Å². The Balaban J connectivity index is 1.65. The van der Waals surface area contributed by atoms with Gasteiger partial charge in [-0.25, -0.2) is 4.98 Å². The summed E-state index contributed by atoms with van der Waals surface area (Å²) in [7, 11) is 0. The maximum absolute atomic E-state index is 12.3. The molecule has 0 radical (unpaired) electrons. The fourth-order valence-electron chi connectivity index (χ4n) is 2.06. The molecule has 122 valence electrons. The highest BCUT2D eigenvalue weighted by atomic mass is 35.5. The normalized spacial score (nSPS) is 11.8. The molecule has 3 aromatic rings. The van der Waals surface area contributed by atoms with E-state index in [0.29, 0.717) is 15.9 Å². The zero-order valence-corrected chi connectivity index (χ0v) is 14.5. The Morgan fingerprint density at radius 3 is 2.62 bits per heavy atom. The fraction of sp³-hybridized carbons (Fsp3) is 0.111. The first-order valence-electron chi connectivity index (χ1n) is 7.36. The molecule has 1 atom stereocenters. The number of ether oxygens (including phenoxy) is 1. The van der Waals surface area contributed by atoms with Gasteiger partial charge in [0.1, 0.15) is 5.75 Å². The predicted octanol–water partition coefficient (Wildman–Crippen LogP) is 4.87. The third-order valence-electron chi connectivity index (χ3n) is 3.31. The zero-order chi connectivity index (χ0) is 16.9. The van der Waals surface area contributed by atoms with Crippen molar-refractivity contribution in [2.24, 2.45) is 0 Å². The minimum atomic E-state index is -0.686. The summed E-state index contributed by atoms with van der Waals surface area (Å²) in [5.74, 6) is 0.204. The lowest BCUT2D eigenvalue weighted by molar-refractivity contribution is -0.122. The lowest BCUT2D eigenvalue weighted by Crippen LogP contribution is -2.30. The van der Waals surface area contributed by atoms with Gasteiger partial charge in [-0.15, -0.1) is 11.3 Å². The van der Waals surface area contributed by atoms with Gasteiger partial charge >= 0.3 is 0 Å². The molecule has 0 saturated heterocycles. The maximum atomic E-state index is 12.3. The first-order valence-corrected chi connectivity index (χ1v) is 8.62. The summed E-state index contributed by atoms with van der Waals surface area (Å²) in [4.78, 5) is 16.7. The average molecular weight is 359 g/mol. The Morgan fingerprint density at radius 1 is 1.17 bits per heavy atom. The van der Waals surface area contributed by atoms with Crippen molar-refractivity contribution < 1.29 is 9.53 Å². The van der Waals surface area contributed by atoms with Crippen molar-refractivity contribution in [2.45, 2.75) is 13.0 Å². The second-order valence-electron chi connectivity index (χ2n) is 5.08. The van der Waals surface area contributed by atoms with E-state index in [1.54, 1.807) is 31.2 Å². The summed E-state index contributed by atoms with van der Waals surface area (Å²) in [5.41, 5.74) is 1.84. The number of carbonyl (C=O) groups excluding carboxylic acids is 1. The number of halogens is 1. The molecule has 2 aromatic carbocycles. The second kappa shape index (κ2) is 7.47. The number of para-hydroxylation sites is 1. The van der Waals surface area contributed by atoms with Gasteiger partial charge in [-0.1, -0.05) is 54.1 Å². The largest absolute Gasteiger partial charge is 0.479 e. The molecule has 1 amide bonds. The van der Waals surface area contributed by atoms with Crippen LogP contribution in [0.1, 0.15) is 6.92 Å². The highest BCUT2D eigenvalue weighted by Gasteiger charge is 2.17. The summed E-state index contributed by atoms with van der Waals surface area (Å²) in [6.45, 7) is 1.67. The molecule has 0 aliphatic rings. The van der Waals surface area contributed by atoms with Crippen LogP contribution in [0.2, 0.25) is 5.02 Å². The molecule has 0 fully saturated rings. The fourth-order valence-corrected chi connectivity index (χ4v) is 2.97. The smallest absolute Gasteiger partial charge is 0.266 e. The Hall–Kier alpha value is -2.37. The third-order valence-corrected chi connectivity index (χ3v) is 4.38. The molecule has 0 bridgehead atoms. The molecule has 0 saturated carbocycles. The van der Waals surface area contributed by atoms with Gasteiger partial charge in [0, 0.05) is 10.9 Å². The van der Waals surface area contributed by atoms with Gasteiger partial charge in [0.2, 0.25) is 0 Å². The number of rotatable bonds is 5. The minimum Gasteiger partial charge on any atom is -0.479 e. The van der Waals surface area contributed by atoms with E-state index in [0.717, 1.165) is 11.3 Å². The van der Waals surface area contributed by atoms with Crippen LogP contribution in [0.15, 0.2) is 60.0 Å². The van der Waals surface area contributed by atoms with E-state index >= 15 is 0 Å². The minimum absolute atomic E-state index is 0.274. The number of benzene rings is 2. The van der Waals surface area contributed by atoms with Gasteiger partial charge < -0.3 is 4.74 Å². The molecule has 0 spiro atoms. The number of aromatic nitrogens is 1. The molecular formula is C18H15ClN2O2S. The summed E-state index contributed by atoms with van der Waals surface area (Å²) < 4.78 is 5.60. The molecule has 4 nitrogen and oxygen atoms in total. The van der Waals surface area contributed by atoms with E-state index in [1.807, 2.05) is 35.7 Å². The van der Waals surface area contributed by atoms with Gasteiger partial charge in [-0.3, -0.25) is 10.1 Å². The molecule has 1 aromatic heterocycles. The van der Waals surface area contributed by atoms with Crippen molar-refractivity contribution in [3.05, 3.63) is 65.0 Å². The lowest BCUT2D eigenvalue weighted by atomic mass is 10.2. The Labute approximate surface area is 149 Å². The molecule has 0 aliphatic carbocycles. The summed E-state index contributed by atoms with van der Waals surface area (Å²) in [6, 6.07) is 16.9. The number of nitrogens with zero attached hydrogens (tertiary/aromatic N) is 1. The lowest BCUT2D eigenvalue weighted by Gasteiger charge is -2.14. The SMILES string of the molecule is C[C@H](Oc1ccccc1Cl)C(=O)Nc1nc(-c2ccccc2)cs1. The molecule has 24 heavy (non-hydrogen) atoms. The highest BCUT2D eigenvalue weighted by molar-refractivity contribution is 7.14. The molecule has 1 heterocycles. The number of hydrogen-bond acceptors (Lipinski definition) is 4. The van der Waals surface area contributed by atoms with Crippen molar-refractivity contribution >= 4 is 34.0 Å². The van der Waals surface area contributed by atoms with Crippen LogP contribution in [0.3, 0.4) is 0 Å². The summed E-state index contributed by atoms with van der Waals surface area (Å²) in [6.07, 6.45) is -0.686. The van der Waals surface area contributed by atoms with E-state index in [9.17, 15) is 4.79 Å². The Morgan fingerprint density at radius 2 is 1.88 bits per heavy atom. The first kappa shape index (κ1) is 16.5. The Bertz CT molecular complexity index is 836. The van der Waals surface area contributed by atoms with Crippen LogP contribution < -0.4 is 10.1 Å².